The van der Waals surface area contributed by atoms with E-state index in [1.807, 2.05) is 0 Å². The first-order chi connectivity index (χ1) is 8.46. The molecule has 3 fully saturated rings. The van der Waals surface area contributed by atoms with E-state index in [1.165, 1.54) is 19.3 Å². The van der Waals surface area contributed by atoms with Crippen LogP contribution >= 0.6 is 0 Å². The van der Waals surface area contributed by atoms with E-state index in [1.54, 1.807) is 0 Å². The van der Waals surface area contributed by atoms with E-state index in [-0.39, 0.29) is 11.0 Å². The third-order valence-corrected chi connectivity index (χ3v) is 4.39. The van der Waals surface area contributed by atoms with Crippen molar-refractivity contribution in [2.45, 2.75) is 63.9 Å². The van der Waals surface area contributed by atoms with Gasteiger partial charge < -0.3 is 14.2 Å². The molecule has 0 radical (unpaired) electrons. The highest BCUT2D eigenvalue weighted by molar-refractivity contribution is 5.17. The minimum atomic E-state index is -0.938. The summed E-state index contributed by atoms with van der Waals surface area (Å²) in [5.74, 6) is -0.938. The normalized spacial score (nSPS) is 33.1. The molecule has 102 valence electrons. The maximum Gasteiger partial charge on any atom is 0.308 e. The molecule has 3 rings (SSSR count). The Hall–Kier alpha value is -0.380. The molecule has 3 aliphatic rings. The summed E-state index contributed by atoms with van der Waals surface area (Å²) >= 11 is 0. The second kappa shape index (κ2) is 4.06. The van der Waals surface area contributed by atoms with Crippen LogP contribution in [0.15, 0.2) is 12.2 Å². The zero-order valence-electron chi connectivity index (χ0n) is 11.6. The molecular weight excluding hydrogens is 228 g/mol. The number of hydrogen-bond donors (Lipinski definition) is 0. The zero-order valence-corrected chi connectivity index (χ0v) is 11.6. The summed E-state index contributed by atoms with van der Waals surface area (Å²) in [4.78, 5) is 0. The Morgan fingerprint density at radius 1 is 1.00 bits per heavy atom. The van der Waals surface area contributed by atoms with E-state index in [9.17, 15) is 0 Å². The lowest BCUT2D eigenvalue weighted by atomic mass is 9.82. The van der Waals surface area contributed by atoms with Gasteiger partial charge in [0.25, 0.3) is 0 Å². The van der Waals surface area contributed by atoms with Crippen molar-refractivity contribution in [1.82, 2.24) is 0 Å². The lowest BCUT2D eigenvalue weighted by Gasteiger charge is -2.42. The molecule has 0 N–H and O–H groups in total. The molecule has 2 aliphatic heterocycles. The summed E-state index contributed by atoms with van der Waals surface area (Å²) in [6, 6.07) is 0. The molecule has 2 spiro atoms. The summed E-state index contributed by atoms with van der Waals surface area (Å²) in [6.45, 7) is 9.78. The smallest absolute Gasteiger partial charge is 0.308 e. The molecule has 0 amide bonds. The Balaban J connectivity index is 1.76. The van der Waals surface area contributed by atoms with Crippen molar-refractivity contribution in [3.8, 4) is 0 Å². The molecule has 1 saturated carbocycles. The molecule has 0 aromatic heterocycles. The minimum Gasteiger partial charge on any atom is -0.323 e. The van der Waals surface area contributed by atoms with Crippen molar-refractivity contribution in [1.29, 1.82) is 0 Å². The second-order valence-corrected chi connectivity index (χ2v) is 6.92. The zero-order chi connectivity index (χ0) is 12.9. The molecule has 0 bridgehead atoms. The van der Waals surface area contributed by atoms with E-state index >= 15 is 0 Å². The minimum absolute atomic E-state index is 0.0587. The van der Waals surface area contributed by atoms with E-state index in [4.69, 9.17) is 14.2 Å². The van der Waals surface area contributed by atoms with Crippen LogP contribution in [0.3, 0.4) is 0 Å². The highest BCUT2D eigenvalue weighted by Gasteiger charge is 2.56. The van der Waals surface area contributed by atoms with Gasteiger partial charge in [0.15, 0.2) is 0 Å². The van der Waals surface area contributed by atoms with E-state index in [0.717, 1.165) is 24.8 Å². The van der Waals surface area contributed by atoms with Crippen molar-refractivity contribution < 1.29 is 14.2 Å². The van der Waals surface area contributed by atoms with Crippen LogP contribution in [0.25, 0.3) is 0 Å². The molecule has 0 aromatic rings. The third-order valence-electron chi connectivity index (χ3n) is 4.39. The fraction of sp³-hybridized carbons (Fsp3) is 0.867. The predicted molar refractivity (Wildman–Crippen MR) is 69.1 cm³/mol. The van der Waals surface area contributed by atoms with Gasteiger partial charge in [-0.05, 0) is 12.8 Å². The fourth-order valence-corrected chi connectivity index (χ4v) is 3.29. The van der Waals surface area contributed by atoms with Crippen LogP contribution in [-0.2, 0) is 14.2 Å². The first kappa shape index (κ1) is 12.6. The van der Waals surface area contributed by atoms with Crippen molar-refractivity contribution in [3.05, 3.63) is 12.2 Å². The summed E-state index contributed by atoms with van der Waals surface area (Å²) in [6.07, 6.45) is 6.93. The third kappa shape index (κ3) is 2.02. The maximum absolute atomic E-state index is 6.28. The van der Waals surface area contributed by atoms with Gasteiger partial charge in [0.05, 0.1) is 18.8 Å². The standard InChI is InChI=1S/C15H24O3/c1-12-9-14(7-5-4-6-8-14)18-15(12)16-10-13(2,3)11-17-15/h1,4-11H2,2-3H3. The van der Waals surface area contributed by atoms with Crippen LogP contribution in [0.4, 0.5) is 0 Å². The van der Waals surface area contributed by atoms with Gasteiger partial charge in [-0.25, -0.2) is 0 Å². The number of ether oxygens (including phenoxy) is 3. The fourth-order valence-electron chi connectivity index (χ4n) is 3.29. The van der Waals surface area contributed by atoms with Crippen molar-refractivity contribution in [2.75, 3.05) is 13.2 Å². The lowest BCUT2D eigenvalue weighted by Crippen LogP contribution is -2.49. The van der Waals surface area contributed by atoms with E-state index in [2.05, 4.69) is 20.4 Å². The average Bonchev–Trinajstić information content (AvgIpc) is 2.58. The summed E-state index contributed by atoms with van der Waals surface area (Å²) in [7, 11) is 0. The van der Waals surface area contributed by atoms with Crippen LogP contribution < -0.4 is 0 Å². The molecule has 2 heterocycles. The van der Waals surface area contributed by atoms with Gasteiger partial charge in [-0.15, -0.1) is 0 Å². The second-order valence-electron chi connectivity index (χ2n) is 6.92. The van der Waals surface area contributed by atoms with E-state index < -0.39 is 5.97 Å². The summed E-state index contributed by atoms with van der Waals surface area (Å²) in [5, 5.41) is 0. The SMILES string of the molecule is C=C1CC2(CCCCC2)OC12OCC(C)(C)CO2. The van der Waals surface area contributed by atoms with Crippen LogP contribution in [0.2, 0.25) is 0 Å². The number of hydrogen-bond acceptors (Lipinski definition) is 3. The van der Waals surface area contributed by atoms with Gasteiger partial charge in [-0.1, -0.05) is 39.7 Å². The van der Waals surface area contributed by atoms with Gasteiger partial charge >= 0.3 is 5.97 Å². The van der Waals surface area contributed by atoms with Crippen molar-refractivity contribution in [3.63, 3.8) is 0 Å². The van der Waals surface area contributed by atoms with Crippen LogP contribution in [-0.4, -0.2) is 24.8 Å². The predicted octanol–water partition coefficient (Wildman–Crippen LogP) is 3.39. The van der Waals surface area contributed by atoms with Gasteiger partial charge in [-0.2, -0.15) is 0 Å². The Labute approximate surface area is 109 Å². The highest BCUT2D eigenvalue weighted by Crippen LogP contribution is 2.51. The molecule has 3 heteroatoms. The molecule has 18 heavy (non-hydrogen) atoms. The Bertz CT molecular complexity index is 343. The quantitative estimate of drug-likeness (QED) is 0.618. The molecule has 3 nitrogen and oxygen atoms in total. The molecule has 0 aromatic carbocycles. The molecule has 2 saturated heterocycles. The average molecular weight is 252 g/mol. The largest absolute Gasteiger partial charge is 0.323 e. The monoisotopic (exact) mass is 252 g/mol. The van der Waals surface area contributed by atoms with Crippen molar-refractivity contribution in [2.24, 2.45) is 5.41 Å². The highest BCUT2D eigenvalue weighted by atomic mass is 16.9. The molecule has 0 atom stereocenters. The van der Waals surface area contributed by atoms with Gasteiger partial charge in [-0.3, -0.25) is 0 Å². The Morgan fingerprint density at radius 3 is 2.22 bits per heavy atom. The maximum atomic E-state index is 6.28. The molecule has 0 unspecified atom stereocenters. The Morgan fingerprint density at radius 2 is 1.61 bits per heavy atom. The molecule has 1 aliphatic carbocycles. The van der Waals surface area contributed by atoms with Crippen molar-refractivity contribution >= 4 is 0 Å². The summed E-state index contributed by atoms with van der Waals surface area (Å²) in [5.41, 5.74) is 0.980. The lowest BCUT2D eigenvalue weighted by molar-refractivity contribution is -0.404. The van der Waals surface area contributed by atoms with Gasteiger partial charge in [0.2, 0.25) is 0 Å². The van der Waals surface area contributed by atoms with Crippen LogP contribution in [0, 0.1) is 5.41 Å². The topological polar surface area (TPSA) is 27.7 Å². The first-order valence-electron chi connectivity index (χ1n) is 7.12. The van der Waals surface area contributed by atoms with Gasteiger partial charge in [0, 0.05) is 17.4 Å². The first-order valence-corrected chi connectivity index (χ1v) is 7.12. The van der Waals surface area contributed by atoms with E-state index in [0.29, 0.717) is 13.2 Å². The molecular formula is C15H24O3. The number of rotatable bonds is 0. The Kier molecular flexibility index (Phi) is 2.85. The van der Waals surface area contributed by atoms with Gasteiger partial charge in [0.1, 0.15) is 0 Å². The summed E-state index contributed by atoms with van der Waals surface area (Å²) < 4.78 is 18.2. The van der Waals surface area contributed by atoms with Crippen LogP contribution in [0.1, 0.15) is 52.4 Å². The van der Waals surface area contributed by atoms with Crippen LogP contribution in [0.5, 0.6) is 0 Å².